The minimum absolute atomic E-state index is 0.426. The van der Waals surface area contributed by atoms with Crippen molar-refractivity contribution in [1.82, 2.24) is 14.8 Å². The summed E-state index contributed by atoms with van der Waals surface area (Å²) >= 11 is 7.50. The van der Waals surface area contributed by atoms with Crippen LogP contribution >= 0.6 is 23.4 Å². The Morgan fingerprint density at radius 2 is 1.79 bits per heavy atom. The molecule has 4 nitrogen and oxygen atoms in total. The third-order valence-corrected chi connectivity index (χ3v) is 5.33. The van der Waals surface area contributed by atoms with Gasteiger partial charge >= 0.3 is 6.18 Å². The number of nitrogens with zero attached hydrogens (tertiary/aromatic N) is 3. The van der Waals surface area contributed by atoms with Crippen molar-refractivity contribution in [1.29, 1.82) is 0 Å². The van der Waals surface area contributed by atoms with Crippen molar-refractivity contribution in [3.05, 3.63) is 83.1 Å². The topological polar surface area (TPSA) is 43.9 Å². The average molecular weight is 436 g/mol. The van der Waals surface area contributed by atoms with Gasteiger partial charge in [-0.25, -0.2) is 0 Å². The van der Waals surface area contributed by atoms with Gasteiger partial charge < -0.3 is 4.42 Å². The van der Waals surface area contributed by atoms with Gasteiger partial charge in [-0.3, -0.25) is 4.57 Å². The van der Waals surface area contributed by atoms with Crippen molar-refractivity contribution in [3.8, 4) is 17.3 Å². The molecule has 2 aromatic heterocycles. The first-order chi connectivity index (χ1) is 13.9. The summed E-state index contributed by atoms with van der Waals surface area (Å²) in [5.74, 6) is 1.47. The quantitative estimate of drug-likeness (QED) is 0.336. The van der Waals surface area contributed by atoms with Crippen molar-refractivity contribution < 1.29 is 17.6 Å². The molecular formula is C20H13ClF3N3OS. The number of furan rings is 1. The van der Waals surface area contributed by atoms with Crippen molar-refractivity contribution in [2.24, 2.45) is 0 Å². The number of hydrogen-bond acceptors (Lipinski definition) is 4. The lowest BCUT2D eigenvalue weighted by molar-refractivity contribution is -0.137. The number of benzene rings is 2. The van der Waals surface area contributed by atoms with Crippen LogP contribution in [0.2, 0.25) is 5.02 Å². The highest BCUT2D eigenvalue weighted by molar-refractivity contribution is 7.98. The van der Waals surface area contributed by atoms with Gasteiger partial charge in [-0.15, -0.1) is 10.2 Å². The van der Waals surface area contributed by atoms with Crippen LogP contribution in [0.25, 0.3) is 17.3 Å². The largest absolute Gasteiger partial charge is 0.461 e. The summed E-state index contributed by atoms with van der Waals surface area (Å²) in [6.45, 7) is 0. The highest BCUT2D eigenvalue weighted by atomic mass is 35.5. The standard InChI is InChI=1S/C20H13ClF3N3OS/c21-15-3-1-4-16(11-15)27-18(17-5-2-10-28-17)25-26-19(27)29-12-13-6-8-14(9-7-13)20(22,23)24/h1-11H,12H2. The van der Waals surface area contributed by atoms with Gasteiger partial charge in [0, 0.05) is 10.8 Å². The Kier molecular flexibility index (Phi) is 5.38. The molecule has 148 valence electrons. The first-order valence-corrected chi connectivity index (χ1v) is 9.82. The molecule has 4 aromatic rings. The first-order valence-electron chi connectivity index (χ1n) is 8.46. The molecule has 0 saturated carbocycles. The Labute approximate surface area is 173 Å². The molecule has 0 unspecified atom stereocenters. The van der Waals surface area contributed by atoms with Crippen LogP contribution < -0.4 is 0 Å². The summed E-state index contributed by atoms with van der Waals surface area (Å²) < 4.78 is 45.5. The van der Waals surface area contributed by atoms with Gasteiger partial charge in [0.2, 0.25) is 5.82 Å². The van der Waals surface area contributed by atoms with E-state index in [4.69, 9.17) is 16.0 Å². The fourth-order valence-corrected chi connectivity index (χ4v) is 3.81. The molecule has 0 aliphatic carbocycles. The molecule has 0 aliphatic heterocycles. The van der Waals surface area contributed by atoms with Crippen molar-refractivity contribution in [3.63, 3.8) is 0 Å². The first kappa shape index (κ1) is 19.6. The van der Waals surface area contributed by atoms with Crippen LogP contribution in [0.15, 0.2) is 76.5 Å². The minimum Gasteiger partial charge on any atom is -0.461 e. The molecule has 0 saturated heterocycles. The molecule has 0 fully saturated rings. The van der Waals surface area contributed by atoms with Crippen molar-refractivity contribution in [2.45, 2.75) is 17.1 Å². The lowest BCUT2D eigenvalue weighted by Crippen LogP contribution is -2.04. The number of rotatable bonds is 5. The van der Waals surface area contributed by atoms with Crippen molar-refractivity contribution in [2.75, 3.05) is 0 Å². The van der Waals surface area contributed by atoms with E-state index in [0.29, 0.717) is 27.5 Å². The summed E-state index contributed by atoms with van der Waals surface area (Å²) in [4.78, 5) is 0. The second kappa shape index (κ2) is 7.96. The smallest absolute Gasteiger partial charge is 0.416 e. The molecule has 9 heteroatoms. The zero-order valence-corrected chi connectivity index (χ0v) is 16.3. The molecule has 0 spiro atoms. The van der Waals surface area contributed by atoms with E-state index < -0.39 is 11.7 Å². The zero-order chi connectivity index (χ0) is 20.4. The van der Waals surface area contributed by atoms with Crippen LogP contribution in [-0.2, 0) is 11.9 Å². The zero-order valence-electron chi connectivity index (χ0n) is 14.7. The molecule has 29 heavy (non-hydrogen) atoms. The molecule has 0 aliphatic rings. The van der Waals surface area contributed by atoms with E-state index in [1.165, 1.54) is 23.9 Å². The number of aromatic nitrogens is 3. The summed E-state index contributed by atoms with van der Waals surface area (Å²) in [7, 11) is 0. The Morgan fingerprint density at radius 3 is 2.45 bits per heavy atom. The number of alkyl halides is 3. The Morgan fingerprint density at radius 1 is 1.00 bits per heavy atom. The Hall–Kier alpha value is -2.71. The van der Waals surface area contributed by atoms with Gasteiger partial charge in [0.25, 0.3) is 0 Å². The fraction of sp³-hybridized carbons (Fsp3) is 0.100. The molecule has 0 atom stereocenters. The molecular weight excluding hydrogens is 423 g/mol. The second-order valence-electron chi connectivity index (χ2n) is 6.08. The van der Waals surface area contributed by atoms with Crippen LogP contribution in [0.4, 0.5) is 13.2 Å². The summed E-state index contributed by atoms with van der Waals surface area (Å²) in [6, 6.07) is 15.8. The molecule has 0 amide bonds. The lowest BCUT2D eigenvalue weighted by Gasteiger charge is -2.10. The van der Waals surface area contributed by atoms with Crippen LogP contribution in [0.3, 0.4) is 0 Å². The Balaban J connectivity index is 1.64. The van der Waals surface area contributed by atoms with E-state index in [2.05, 4.69) is 10.2 Å². The highest BCUT2D eigenvalue weighted by Gasteiger charge is 2.30. The Bertz CT molecular complexity index is 1110. The third-order valence-electron chi connectivity index (χ3n) is 4.09. The molecule has 2 heterocycles. The maximum absolute atomic E-state index is 12.7. The van der Waals surface area contributed by atoms with Crippen molar-refractivity contribution >= 4 is 23.4 Å². The lowest BCUT2D eigenvalue weighted by atomic mass is 10.1. The third kappa shape index (κ3) is 4.33. The van der Waals surface area contributed by atoms with E-state index in [9.17, 15) is 13.2 Å². The molecule has 0 bridgehead atoms. The van der Waals surface area contributed by atoms with E-state index in [1.807, 2.05) is 12.1 Å². The maximum atomic E-state index is 12.7. The van der Waals surface area contributed by atoms with Gasteiger partial charge in [0.1, 0.15) is 0 Å². The number of halogens is 4. The van der Waals surface area contributed by atoms with Crippen LogP contribution in [0.1, 0.15) is 11.1 Å². The maximum Gasteiger partial charge on any atom is 0.416 e. The van der Waals surface area contributed by atoms with Gasteiger partial charge in [-0.2, -0.15) is 13.2 Å². The summed E-state index contributed by atoms with van der Waals surface area (Å²) in [5.41, 5.74) is 0.820. The average Bonchev–Trinajstić information content (AvgIpc) is 3.35. The predicted octanol–water partition coefficient (Wildman–Crippen LogP) is 6.49. The van der Waals surface area contributed by atoms with E-state index in [1.54, 1.807) is 35.1 Å². The highest BCUT2D eigenvalue weighted by Crippen LogP contribution is 2.32. The summed E-state index contributed by atoms with van der Waals surface area (Å²) in [6.07, 6.45) is -2.81. The van der Waals surface area contributed by atoms with Gasteiger partial charge in [-0.1, -0.05) is 41.6 Å². The number of thioether (sulfide) groups is 1. The molecule has 0 radical (unpaired) electrons. The van der Waals surface area contributed by atoms with Gasteiger partial charge in [-0.05, 0) is 48.0 Å². The van der Waals surface area contributed by atoms with E-state index in [0.717, 1.165) is 23.4 Å². The van der Waals surface area contributed by atoms with Gasteiger partial charge in [0.15, 0.2) is 10.9 Å². The predicted molar refractivity (Wildman–Crippen MR) is 105 cm³/mol. The van der Waals surface area contributed by atoms with Gasteiger partial charge in [0.05, 0.1) is 17.5 Å². The van der Waals surface area contributed by atoms with E-state index >= 15 is 0 Å². The van der Waals surface area contributed by atoms with Crippen LogP contribution in [0.5, 0.6) is 0 Å². The van der Waals surface area contributed by atoms with Crippen LogP contribution in [-0.4, -0.2) is 14.8 Å². The normalized spacial score (nSPS) is 11.7. The molecule has 0 N–H and O–H groups in total. The second-order valence-corrected chi connectivity index (χ2v) is 7.46. The molecule has 4 rings (SSSR count). The SMILES string of the molecule is FC(F)(F)c1ccc(CSc2nnc(-c3ccco3)n2-c2cccc(Cl)c2)cc1. The van der Waals surface area contributed by atoms with Crippen LogP contribution in [0, 0.1) is 0 Å². The molecule has 2 aromatic carbocycles. The minimum atomic E-state index is -4.35. The fourth-order valence-electron chi connectivity index (χ4n) is 2.71. The van der Waals surface area contributed by atoms with E-state index in [-0.39, 0.29) is 0 Å². The number of hydrogen-bond donors (Lipinski definition) is 0. The monoisotopic (exact) mass is 435 g/mol. The summed E-state index contributed by atoms with van der Waals surface area (Å²) in [5, 5.41) is 9.60.